The van der Waals surface area contributed by atoms with Crippen molar-refractivity contribution in [3.05, 3.63) is 23.3 Å². The first kappa shape index (κ1) is 30.5. The molecule has 0 heterocycles. The van der Waals surface area contributed by atoms with Crippen molar-refractivity contribution in [2.24, 2.45) is 0 Å². The number of aryl methyl sites for hydroxylation is 2. The normalized spacial score (nSPS) is 18.6. The van der Waals surface area contributed by atoms with Gasteiger partial charge in [0, 0.05) is 33.2 Å². The zero-order chi connectivity index (χ0) is 26.9. The molecule has 0 bridgehead atoms. The van der Waals surface area contributed by atoms with Crippen LogP contribution in [0.15, 0.2) is 17.0 Å². The Balaban J connectivity index is 1.80. The average molecular weight is 528 g/mol. The van der Waals surface area contributed by atoms with Gasteiger partial charge in [-0.2, -0.15) is 4.31 Å². The van der Waals surface area contributed by atoms with E-state index in [0.717, 1.165) is 38.8 Å². The van der Waals surface area contributed by atoms with Crippen molar-refractivity contribution >= 4 is 15.9 Å². The molecule has 1 fully saturated rings. The van der Waals surface area contributed by atoms with Gasteiger partial charge in [-0.1, -0.05) is 6.92 Å². The van der Waals surface area contributed by atoms with E-state index >= 15 is 0 Å². The minimum atomic E-state index is -3.70. The zero-order valence-electron chi connectivity index (χ0n) is 23.1. The van der Waals surface area contributed by atoms with E-state index in [2.05, 4.69) is 18.9 Å². The lowest BCUT2D eigenvalue weighted by Crippen LogP contribution is -2.44. The molecule has 2 atom stereocenters. The van der Waals surface area contributed by atoms with Crippen molar-refractivity contribution in [2.75, 3.05) is 67.7 Å². The molecule has 206 valence electrons. The van der Waals surface area contributed by atoms with Crippen LogP contribution in [0.4, 0.5) is 0 Å². The highest BCUT2D eigenvalue weighted by atomic mass is 32.2. The number of sulfonamides is 1. The van der Waals surface area contributed by atoms with Crippen molar-refractivity contribution in [1.82, 2.24) is 14.1 Å². The van der Waals surface area contributed by atoms with E-state index in [1.165, 1.54) is 11.4 Å². The molecule has 1 aromatic rings. The molecule has 1 aliphatic carbocycles. The van der Waals surface area contributed by atoms with E-state index in [4.69, 9.17) is 14.2 Å². The number of rotatable bonds is 14. The van der Waals surface area contributed by atoms with Crippen LogP contribution >= 0.6 is 0 Å². The second kappa shape index (κ2) is 14.3. The fraction of sp³-hybridized carbons (Fsp3) is 0.731. The highest BCUT2D eigenvalue weighted by molar-refractivity contribution is 7.89. The third-order valence-electron chi connectivity index (χ3n) is 7.02. The first-order chi connectivity index (χ1) is 17.0. The molecule has 10 heteroatoms. The lowest BCUT2D eigenvalue weighted by Gasteiger charge is -2.35. The summed E-state index contributed by atoms with van der Waals surface area (Å²) in [4.78, 5) is 17.0. The first-order valence-corrected chi connectivity index (χ1v) is 14.2. The molecule has 0 aliphatic heterocycles. The topological polar surface area (TPSA) is 88.6 Å². The number of methoxy groups -OCH3 is 1. The van der Waals surface area contributed by atoms with Gasteiger partial charge in [-0.25, -0.2) is 8.42 Å². The van der Waals surface area contributed by atoms with Crippen LogP contribution in [0.25, 0.3) is 0 Å². The number of carbonyl (C=O) groups is 1. The van der Waals surface area contributed by atoms with Gasteiger partial charge in [-0.05, 0) is 76.4 Å². The summed E-state index contributed by atoms with van der Waals surface area (Å²) in [6, 6.07) is 3.56. The largest absolute Gasteiger partial charge is 0.497 e. The van der Waals surface area contributed by atoms with Crippen molar-refractivity contribution in [3.63, 3.8) is 0 Å². The summed E-state index contributed by atoms with van der Waals surface area (Å²) < 4.78 is 44.4. The van der Waals surface area contributed by atoms with Crippen LogP contribution in [-0.4, -0.2) is 108 Å². The van der Waals surface area contributed by atoms with E-state index < -0.39 is 10.0 Å². The Morgan fingerprint density at radius 3 is 2.33 bits per heavy atom. The Morgan fingerprint density at radius 2 is 1.72 bits per heavy atom. The molecule has 1 aliphatic rings. The van der Waals surface area contributed by atoms with Crippen LogP contribution in [0, 0.1) is 13.8 Å². The van der Waals surface area contributed by atoms with Crippen LogP contribution in [0.2, 0.25) is 0 Å². The number of benzene rings is 1. The smallest absolute Gasteiger partial charge is 0.248 e. The summed E-state index contributed by atoms with van der Waals surface area (Å²) in [7, 11) is 3.28. The summed E-state index contributed by atoms with van der Waals surface area (Å²) in [5.74, 6) is 0.524. The summed E-state index contributed by atoms with van der Waals surface area (Å²) in [5, 5.41) is 0. The third-order valence-corrected chi connectivity index (χ3v) is 9.18. The van der Waals surface area contributed by atoms with Gasteiger partial charge >= 0.3 is 0 Å². The Morgan fingerprint density at radius 1 is 1.06 bits per heavy atom. The maximum absolute atomic E-state index is 13.1. The van der Waals surface area contributed by atoms with Gasteiger partial charge in [0.1, 0.15) is 12.4 Å². The Labute approximate surface area is 217 Å². The molecule has 36 heavy (non-hydrogen) atoms. The maximum Gasteiger partial charge on any atom is 0.248 e. The molecular formula is C26H45N3O6S. The predicted octanol–water partition coefficient (Wildman–Crippen LogP) is 2.69. The van der Waals surface area contributed by atoms with Gasteiger partial charge in [-0.3, -0.25) is 4.79 Å². The van der Waals surface area contributed by atoms with Crippen LogP contribution in [0.5, 0.6) is 5.75 Å². The van der Waals surface area contributed by atoms with Gasteiger partial charge < -0.3 is 24.0 Å². The number of hydrogen-bond acceptors (Lipinski definition) is 7. The minimum Gasteiger partial charge on any atom is -0.497 e. The third kappa shape index (κ3) is 8.41. The molecule has 9 nitrogen and oxygen atoms in total. The second-order valence-corrected chi connectivity index (χ2v) is 11.7. The number of hydrogen-bond donors (Lipinski definition) is 0. The average Bonchev–Trinajstić information content (AvgIpc) is 2.85. The monoisotopic (exact) mass is 527 g/mol. The molecule has 2 rings (SSSR count). The number of carbonyl (C=O) groups excluding carboxylic acids is 1. The molecule has 0 aromatic heterocycles. The van der Waals surface area contributed by atoms with Crippen molar-refractivity contribution < 1.29 is 27.4 Å². The van der Waals surface area contributed by atoms with Crippen LogP contribution in [0.3, 0.4) is 0 Å². The van der Waals surface area contributed by atoms with E-state index in [-0.39, 0.29) is 42.7 Å². The molecule has 0 spiro atoms. The lowest BCUT2D eigenvalue weighted by atomic mass is 9.92. The maximum atomic E-state index is 13.1. The van der Waals surface area contributed by atoms with Crippen molar-refractivity contribution in [3.8, 4) is 5.75 Å². The van der Waals surface area contributed by atoms with Gasteiger partial charge in [0.25, 0.3) is 0 Å². The molecule has 1 aromatic carbocycles. The summed E-state index contributed by atoms with van der Waals surface area (Å²) in [5.41, 5.74) is 1.26. The second-order valence-electron chi connectivity index (χ2n) is 9.68. The Bertz CT molecular complexity index is 932. The molecule has 0 saturated heterocycles. The number of amides is 1. The minimum absolute atomic E-state index is 0.0751. The predicted molar refractivity (Wildman–Crippen MR) is 141 cm³/mol. The number of ether oxygens (including phenoxy) is 3. The van der Waals surface area contributed by atoms with E-state index in [0.29, 0.717) is 23.5 Å². The molecule has 0 N–H and O–H groups in total. The molecule has 1 unspecified atom stereocenters. The van der Waals surface area contributed by atoms with Crippen LogP contribution in [0.1, 0.15) is 43.7 Å². The first-order valence-electron chi connectivity index (χ1n) is 12.8. The number of likely N-dealkylation sites (N-methyl/N-ethyl adjacent to an activating group) is 3. The van der Waals surface area contributed by atoms with E-state index in [9.17, 15) is 13.2 Å². The quantitative estimate of drug-likeness (QED) is 0.344. The van der Waals surface area contributed by atoms with Crippen molar-refractivity contribution in [1.29, 1.82) is 0 Å². The number of nitrogens with zero attached hydrogens (tertiary/aromatic N) is 3. The fourth-order valence-corrected chi connectivity index (χ4v) is 6.08. The summed E-state index contributed by atoms with van der Waals surface area (Å²) in [6.07, 6.45) is 4.02. The van der Waals surface area contributed by atoms with E-state index in [1.807, 2.05) is 7.05 Å². The zero-order valence-corrected chi connectivity index (χ0v) is 23.9. The summed E-state index contributed by atoms with van der Waals surface area (Å²) >= 11 is 0. The SMILES string of the molecule is CCN(C)CCOC1CCC[C@@H](N(C)C(=O)COCCN(C)S(=O)(=O)c2c(C)cc(OC)cc2C)C1. The standard InChI is InChI=1S/C26H45N3O6S/c1-8-27(4)12-15-35-23-11-9-10-22(18-23)29(6)25(30)19-34-14-13-28(5)36(31,32)26-20(2)16-24(33-7)17-21(26)3/h16-17,22-23H,8-15,18-19H2,1-7H3/t22-,23?/m1/s1. The fourth-order valence-electron chi connectivity index (χ4n) is 4.53. The van der Waals surface area contributed by atoms with Gasteiger partial charge in [0.15, 0.2) is 0 Å². The molecule has 1 amide bonds. The van der Waals surface area contributed by atoms with Crippen molar-refractivity contribution in [2.45, 2.75) is 63.5 Å². The van der Waals surface area contributed by atoms with E-state index in [1.54, 1.807) is 38.0 Å². The molecule has 1 saturated carbocycles. The van der Waals surface area contributed by atoms with Crippen LogP contribution in [-0.2, 0) is 24.3 Å². The summed E-state index contributed by atoms with van der Waals surface area (Å²) in [6.45, 7) is 8.44. The Hall–Kier alpha value is -1.72. The Kier molecular flexibility index (Phi) is 12.1. The van der Waals surface area contributed by atoms with Crippen LogP contribution < -0.4 is 4.74 Å². The highest BCUT2D eigenvalue weighted by Gasteiger charge is 2.28. The lowest BCUT2D eigenvalue weighted by molar-refractivity contribution is -0.138. The van der Waals surface area contributed by atoms with Gasteiger partial charge in [-0.15, -0.1) is 0 Å². The molecular weight excluding hydrogens is 482 g/mol. The highest BCUT2D eigenvalue weighted by Crippen LogP contribution is 2.28. The molecule has 0 radical (unpaired) electrons. The van der Waals surface area contributed by atoms with Gasteiger partial charge in [0.05, 0.1) is 31.3 Å². The van der Waals surface area contributed by atoms with Gasteiger partial charge in [0.2, 0.25) is 15.9 Å².